The fourth-order valence-corrected chi connectivity index (χ4v) is 1.91. The summed E-state index contributed by atoms with van der Waals surface area (Å²) in [5.41, 5.74) is 2.76. The molecule has 1 aromatic rings. The van der Waals surface area contributed by atoms with Gasteiger partial charge in [-0.15, -0.1) is 0 Å². The fraction of sp³-hybridized carbons (Fsp3) is 0.385. The van der Waals surface area contributed by atoms with Crippen LogP contribution in [0.15, 0.2) is 29.3 Å². The highest BCUT2D eigenvalue weighted by Gasteiger charge is 2.07. The molecule has 0 unspecified atom stereocenters. The van der Waals surface area contributed by atoms with Crippen LogP contribution in [0.25, 0.3) is 0 Å². The SMILES string of the molecule is N#Cc1ccccc1N=C1CCCCC1. The highest BCUT2D eigenvalue weighted by Crippen LogP contribution is 2.22. The van der Waals surface area contributed by atoms with Crippen molar-refractivity contribution in [3.8, 4) is 6.07 Å². The van der Waals surface area contributed by atoms with E-state index in [9.17, 15) is 0 Å². The van der Waals surface area contributed by atoms with E-state index in [0.29, 0.717) is 5.56 Å². The summed E-state index contributed by atoms with van der Waals surface area (Å²) in [5.74, 6) is 0. The number of aliphatic imine (C=N–C) groups is 1. The van der Waals surface area contributed by atoms with Gasteiger partial charge in [-0.3, -0.25) is 4.99 Å². The Labute approximate surface area is 90.3 Å². The maximum Gasteiger partial charge on any atom is 0.101 e. The standard InChI is InChI=1S/C13H14N2/c14-10-11-6-4-5-9-13(11)15-12-7-2-1-3-8-12/h4-6,9H,1-3,7-8H2. The molecule has 0 bridgehead atoms. The Morgan fingerprint density at radius 1 is 1.07 bits per heavy atom. The lowest BCUT2D eigenvalue weighted by Crippen LogP contribution is -2.03. The van der Waals surface area contributed by atoms with Crippen LogP contribution in [-0.4, -0.2) is 5.71 Å². The van der Waals surface area contributed by atoms with Crippen LogP contribution in [0.2, 0.25) is 0 Å². The van der Waals surface area contributed by atoms with E-state index in [2.05, 4.69) is 11.1 Å². The van der Waals surface area contributed by atoms with Crippen molar-refractivity contribution in [3.05, 3.63) is 29.8 Å². The summed E-state index contributed by atoms with van der Waals surface area (Å²) in [7, 11) is 0. The van der Waals surface area contributed by atoms with E-state index >= 15 is 0 Å². The summed E-state index contributed by atoms with van der Waals surface area (Å²) in [4.78, 5) is 4.58. The van der Waals surface area contributed by atoms with Gasteiger partial charge in [0.25, 0.3) is 0 Å². The minimum Gasteiger partial charge on any atom is -0.256 e. The van der Waals surface area contributed by atoms with Gasteiger partial charge in [-0.05, 0) is 37.8 Å². The smallest absolute Gasteiger partial charge is 0.101 e. The van der Waals surface area contributed by atoms with Gasteiger partial charge in [0, 0.05) is 5.71 Å². The van der Waals surface area contributed by atoms with Gasteiger partial charge in [-0.25, -0.2) is 0 Å². The number of rotatable bonds is 1. The lowest BCUT2D eigenvalue weighted by molar-refractivity contribution is 0.667. The molecule has 1 aromatic carbocycles. The normalized spacial score (nSPS) is 15.8. The van der Waals surface area contributed by atoms with E-state index in [1.165, 1.54) is 25.0 Å². The average molecular weight is 198 g/mol. The van der Waals surface area contributed by atoms with Crippen LogP contribution in [0.3, 0.4) is 0 Å². The second-order valence-corrected chi connectivity index (χ2v) is 3.87. The van der Waals surface area contributed by atoms with Crippen molar-refractivity contribution in [3.63, 3.8) is 0 Å². The quantitative estimate of drug-likeness (QED) is 0.679. The molecule has 0 heterocycles. The summed E-state index contributed by atoms with van der Waals surface area (Å²) in [6.45, 7) is 0. The first-order valence-corrected chi connectivity index (χ1v) is 5.46. The summed E-state index contributed by atoms with van der Waals surface area (Å²) < 4.78 is 0. The predicted octanol–water partition coefficient (Wildman–Crippen LogP) is 3.59. The Morgan fingerprint density at radius 3 is 2.53 bits per heavy atom. The number of nitriles is 1. The molecule has 1 saturated carbocycles. The molecule has 0 atom stereocenters. The average Bonchev–Trinajstić information content (AvgIpc) is 2.31. The Hall–Kier alpha value is -1.62. The zero-order chi connectivity index (χ0) is 10.5. The zero-order valence-corrected chi connectivity index (χ0v) is 8.74. The summed E-state index contributed by atoms with van der Waals surface area (Å²) in [5, 5.41) is 8.93. The van der Waals surface area contributed by atoms with Crippen molar-refractivity contribution in [1.82, 2.24) is 0 Å². The minimum atomic E-state index is 0.676. The van der Waals surface area contributed by atoms with Crippen LogP contribution >= 0.6 is 0 Å². The molecule has 1 fully saturated rings. The van der Waals surface area contributed by atoms with Gasteiger partial charge >= 0.3 is 0 Å². The fourth-order valence-electron chi connectivity index (χ4n) is 1.91. The lowest BCUT2D eigenvalue weighted by atomic mass is 9.98. The van der Waals surface area contributed by atoms with E-state index in [0.717, 1.165) is 18.5 Å². The Bertz CT molecular complexity index is 405. The van der Waals surface area contributed by atoms with Crippen LogP contribution in [-0.2, 0) is 0 Å². The van der Waals surface area contributed by atoms with Crippen LogP contribution < -0.4 is 0 Å². The molecule has 0 aromatic heterocycles. The van der Waals surface area contributed by atoms with Crippen LogP contribution in [0.5, 0.6) is 0 Å². The maximum absolute atomic E-state index is 8.93. The summed E-state index contributed by atoms with van der Waals surface area (Å²) in [6, 6.07) is 9.73. The summed E-state index contributed by atoms with van der Waals surface area (Å²) >= 11 is 0. The molecule has 0 amide bonds. The van der Waals surface area contributed by atoms with Crippen LogP contribution in [0.4, 0.5) is 5.69 Å². The van der Waals surface area contributed by atoms with E-state index in [4.69, 9.17) is 5.26 Å². The van der Waals surface area contributed by atoms with Gasteiger partial charge in [0.2, 0.25) is 0 Å². The molecule has 2 rings (SSSR count). The number of hydrogen-bond donors (Lipinski definition) is 0. The van der Waals surface area contributed by atoms with Crippen molar-refractivity contribution in [2.24, 2.45) is 4.99 Å². The molecular weight excluding hydrogens is 184 g/mol. The predicted molar refractivity (Wildman–Crippen MR) is 61.3 cm³/mol. The third-order valence-corrected chi connectivity index (χ3v) is 2.73. The molecule has 0 radical (unpaired) electrons. The molecular formula is C13H14N2. The first kappa shape index (κ1) is 9.92. The monoisotopic (exact) mass is 198 g/mol. The van der Waals surface area contributed by atoms with Crippen molar-refractivity contribution in [1.29, 1.82) is 5.26 Å². The second-order valence-electron chi connectivity index (χ2n) is 3.87. The van der Waals surface area contributed by atoms with Crippen LogP contribution in [0, 0.1) is 11.3 Å². The Balaban J connectivity index is 2.26. The first-order chi connectivity index (χ1) is 7.40. The topological polar surface area (TPSA) is 36.1 Å². The molecule has 0 spiro atoms. The van der Waals surface area contributed by atoms with E-state index < -0.39 is 0 Å². The number of nitrogens with zero attached hydrogens (tertiary/aromatic N) is 2. The Morgan fingerprint density at radius 2 is 1.80 bits per heavy atom. The van der Waals surface area contributed by atoms with Crippen molar-refractivity contribution >= 4 is 11.4 Å². The molecule has 2 heteroatoms. The molecule has 1 aliphatic rings. The van der Waals surface area contributed by atoms with Crippen molar-refractivity contribution in [2.45, 2.75) is 32.1 Å². The number of benzene rings is 1. The summed E-state index contributed by atoms with van der Waals surface area (Å²) in [6.07, 6.45) is 6.00. The molecule has 15 heavy (non-hydrogen) atoms. The van der Waals surface area contributed by atoms with Gasteiger partial charge in [0.1, 0.15) is 6.07 Å². The van der Waals surface area contributed by atoms with Crippen molar-refractivity contribution in [2.75, 3.05) is 0 Å². The van der Waals surface area contributed by atoms with Gasteiger partial charge < -0.3 is 0 Å². The third-order valence-electron chi connectivity index (χ3n) is 2.73. The van der Waals surface area contributed by atoms with Gasteiger partial charge in [0.05, 0.1) is 11.3 Å². The van der Waals surface area contributed by atoms with E-state index in [1.54, 1.807) is 0 Å². The number of para-hydroxylation sites is 1. The van der Waals surface area contributed by atoms with Gasteiger partial charge in [-0.2, -0.15) is 5.26 Å². The third kappa shape index (κ3) is 2.44. The van der Waals surface area contributed by atoms with Crippen LogP contribution in [0.1, 0.15) is 37.7 Å². The number of hydrogen-bond acceptors (Lipinski definition) is 2. The van der Waals surface area contributed by atoms with Gasteiger partial charge in [-0.1, -0.05) is 18.6 Å². The minimum absolute atomic E-state index is 0.676. The van der Waals surface area contributed by atoms with Crippen molar-refractivity contribution < 1.29 is 0 Å². The molecule has 0 saturated heterocycles. The van der Waals surface area contributed by atoms with Gasteiger partial charge in [0.15, 0.2) is 0 Å². The molecule has 76 valence electrons. The molecule has 2 nitrogen and oxygen atoms in total. The first-order valence-electron chi connectivity index (χ1n) is 5.46. The highest BCUT2D eigenvalue weighted by molar-refractivity contribution is 5.88. The van der Waals surface area contributed by atoms with E-state index in [-0.39, 0.29) is 0 Å². The maximum atomic E-state index is 8.93. The van der Waals surface area contributed by atoms with E-state index in [1.807, 2.05) is 24.3 Å². The molecule has 0 N–H and O–H groups in total. The zero-order valence-electron chi connectivity index (χ0n) is 8.74. The molecule has 0 aliphatic heterocycles. The highest BCUT2D eigenvalue weighted by atomic mass is 14.8. The second kappa shape index (κ2) is 4.75. The lowest BCUT2D eigenvalue weighted by Gasteiger charge is -2.12. The largest absolute Gasteiger partial charge is 0.256 e. The molecule has 1 aliphatic carbocycles. The Kier molecular flexibility index (Phi) is 3.14.